The van der Waals surface area contributed by atoms with E-state index in [0.717, 1.165) is 0 Å². The highest BCUT2D eigenvalue weighted by molar-refractivity contribution is 8.76. The molecule has 0 rings (SSSR count). The third-order valence-corrected chi connectivity index (χ3v) is 1.57. The summed E-state index contributed by atoms with van der Waals surface area (Å²) in [5.41, 5.74) is 0. The van der Waals surface area contributed by atoms with Crippen LogP contribution < -0.4 is 0 Å². The van der Waals surface area contributed by atoms with Gasteiger partial charge in [0.25, 0.3) is 0 Å². The summed E-state index contributed by atoms with van der Waals surface area (Å²) in [6.45, 7) is 3.52. The zero-order valence-electron chi connectivity index (χ0n) is 5.28. The Morgan fingerprint density at radius 2 is 2.22 bits per heavy atom. The molecule has 1 nitrogen and oxygen atoms in total. The second kappa shape index (κ2) is 7.85. The summed E-state index contributed by atoms with van der Waals surface area (Å²) in [6, 6.07) is 0. The van der Waals surface area contributed by atoms with Crippen LogP contribution in [0.4, 0.5) is 0 Å². The molecule has 0 saturated carbocycles. The average Bonchev–Trinajstić information content (AvgIpc) is 1.89. The molecular formula is C6H9NS2. The van der Waals surface area contributed by atoms with E-state index < -0.39 is 0 Å². The SMILES string of the molecule is C=C/C=C\C=NSSC. The Labute approximate surface area is 63.9 Å². The average molecular weight is 159 g/mol. The minimum atomic E-state index is 1.46. The predicted octanol–water partition coefficient (Wildman–Crippen LogP) is 2.73. The van der Waals surface area contributed by atoms with Crippen LogP contribution >= 0.6 is 21.8 Å². The minimum absolute atomic E-state index is 1.46. The van der Waals surface area contributed by atoms with Crippen LogP contribution in [0.1, 0.15) is 0 Å². The Morgan fingerprint density at radius 1 is 1.44 bits per heavy atom. The fourth-order valence-electron chi connectivity index (χ4n) is 0.231. The van der Waals surface area contributed by atoms with Crippen molar-refractivity contribution in [3.05, 3.63) is 24.8 Å². The Balaban J connectivity index is 3.23. The molecule has 9 heavy (non-hydrogen) atoms. The third kappa shape index (κ3) is 7.85. The Bertz CT molecular complexity index is 118. The largest absolute Gasteiger partial charge is 0.213 e. The van der Waals surface area contributed by atoms with Crippen LogP contribution in [0.2, 0.25) is 0 Å². The zero-order chi connectivity index (χ0) is 6.95. The first-order chi connectivity index (χ1) is 4.41. The maximum atomic E-state index is 3.95. The highest BCUT2D eigenvalue weighted by atomic mass is 33.1. The number of hydrogen-bond donors (Lipinski definition) is 0. The topological polar surface area (TPSA) is 12.4 Å². The van der Waals surface area contributed by atoms with Gasteiger partial charge in [0.05, 0.1) is 0 Å². The lowest BCUT2D eigenvalue weighted by Gasteiger charge is -1.78. The van der Waals surface area contributed by atoms with Crippen LogP contribution in [-0.4, -0.2) is 12.5 Å². The van der Waals surface area contributed by atoms with Crippen LogP contribution in [0.25, 0.3) is 0 Å². The van der Waals surface area contributed by atoms with Gasteiger partial charge < -0.3 is 0 Å². The maximum Gasteiger partial charge on any atom is 0.0431 e. The monoisotopic (exact) mass is 159 g/mol. The third-order valence-electron chi connectivity index (χ3n) is 0.512. The second-order valence-corrected chi connectivity index (χ2v) is 3.26. The fourth-order valence-corrected chi connectivity index (χ4v) is 0.845. The van der Waals surface area contributed by atoms with E-state index in [1.807, 2.05) is 18.4 Å². The van der Waals surface area contributed by atoms with Gasteiger partial charge in [-0.25, -0.2) is 4.40 Å². The summed E-state index contributed by atoms with van der Waals surface area (Å²) < 4.78 is 3.95. The molecule has 0 aromatic carbocycles. The van der Waals surface area contributed by atoms with Crippen molar-refractivity contribution in [3.63, 3.8) is 0 Å². The molecule has 0 saturated heterocycles. The van der Waals surface area contributed by atoms with E-state index in [4.69, 9.17) is 0 Å². The predicted molar refractivity (Wildman–Crippen MR) is 48.9 cm³/mol. The van der Waals surface area contributed by atoms with E-state index in [2.05, 4.69) is 11.0 Å². The van der Waals surface area contributed by atoms with E-state index in [-0.39, 0.29) is 0 Å². The molecule has 0 unspecified atom stereocenters. The molecule has 0 fully saturated rings. The van der Waals surface area contributed by atoms with E-state index in [1.54, 1.807) is 23.1 Å². The molecule has 0 aliphatic heterocycles. The van der Waals surface area contributed by atoms with Gasteiger partial charge in [0.1, 0.15) is 0 Å². The zero-order valence-corrected chi connectivity index (χ0v) is 6.91. The molecule has 0 spiro atoms. The summed E-state index contributed by atoms with van der Waals surface area (Å²) >= 11 is 0. The molecule has 0 radical (unpaired) electrons. The van der Waals surface area contributed by atoms with Crippen LogP contribution in [0, 0.1) is 0 Å². The summed E-state index contributed by atoms with van der Waals surface area (Å²) in [5.74, 6) is 0. The van der Waals surface area contributed by atoms with Crippen molar-refractivity contribution in [2.24, 2.45) is 4.40 Å². The number of hydrogen-bond acceptors (Lipinski definition) is 3. The van der Waals surface area contributed by atoms with E-state index in [9.17, 15) is 0 Å². The molecule has 0 atom stereocenters. The normalized spacial score (nSPS) is 11.2. The quantitative estimate of drug-likeness (QED) is 0.271. The van der Waals surface area contributed by atoms with E-state index in [1.165, 1.54) is 11.0 Å². The Hall–Kier alpha value is -0.150. The smallest absolute Gasteiger partial charge is 0.0431 e. The summed E-state index contributed by atoms with van der Waals surface area (Å²) in [4.78, 5) is 0. The highest BCUT2D eigenvalue weighted by Crippen LogP contribution is 2.16. The summed E-state index contributed by atoms with van der Waals surface area (Å²) in [7, 11) is 3.08. The molecule has 0 aromatic heterocycles. The molecule has 0 aromatic rings. The molecule has 0 heterocycles. The van der Waals surface area contributed by atoms with Crippen molar-refractivity contribution in [2.45, 2.75) is 0 Å². The highest BCUT2D eigenvalue weighted by Gasteiger charge is 1.68. The molecule has 3 heteroatoms. The first kappa shape index (κ1) is 8.85. The molecular weight excluding hydrogens is 150 g/mol. The Morgan fingerprint density at radius 3 is 2.78 bits per heavy atom. The van der Waals surface area contributed by atoms with Gasteiger partial charge in [-0.15, -0.1) is 0 Å². The Kier molecular flexibility index (Phi) is 7.72. The molecule has 0 N–H and O–H groups in total. The van der Waals surface area contributed by atoms with Gasteiger partial charge in [-0.3, -0.25) is 0 Å². The fraction of sp³-hybridized carbons (Fsp3) is 0.167. The van der Waals surface area contributed by atoms with Crippen LogP contribution in [0.15, 0.2) is 29.2 Å². The molecule has 0 aliphatic rings. The molecule has 0 amide bonds. The van der Waals surface area contributed by atoms with Crippen LogP contribution in [0.3, 0.4) is 0 Å². The number of nitrogens with zero attached hydrogens (tertiary/aromatic N) is 1. The maximum absolute atomic E-state index is 3.95. The van der Waals surface area contributed by atoms with Crippen molar-refractivity contribution >= 4 is 28.0 Å². The molecule has 0 bridgehead atoms. The number of rotatable bonds is 4. The first-order valence-corrected chi connectivity index (χ1v) is 4.94. The van der Waals surface area contributed by atoms with Crippen molar-refractivity contribution < 1.29 is 0 Å². The van der Waals surface area contributed by atoms with E-state index in [0.29, 0.717) is 0 Å². The standard InChI is InChI=1S/C6H9NS2/c1-3-4-5-6-7-9-8-2/h3-6H,1H2,2H3/b5-4-,7-6?. The minimum Gasteiger partial charge on any atom is -0.213 e. The van der Waals surface area contributed by atoms with Crippen molar-refractivity contribution in [3.8, 4) is 0 Å². The summed E-state index contributed by atoms with van der Waals surface area (Å²) in [5, 5.41) is 0. The second-order valence-electron chi connectivity index (χ2n) is 1.12. The molecule has 50 valence electrons. The van der Waals surface area contributed by atoms with Gasteiger partial charge in [-0.05, 0) is 12.3 Å². The molecule has 0 aliphatic carbocycles. The lowest BCUT2D eigenvalue weighted by atomic mass is 10.5. The van der Waals surface area contributed by atoms with E-state index >= 15 is 0 Å². The van der Waals surface area contributed by atoms with Gasteiger partial charge in [-0.1, -0.05) is 29.5 Å². The van der Waals surface area contributed by atoms with Gasteiger partial charge >= 0.3 is 0 Å². The summed E-state index contributed by atoms with van der Waals surface area (Å²) in [6.07, 6.45) is 9.12. The van der Waals surface area contributed by atoms with Gasteiger partial charge in [-0.2, -0.15) is 0 Å². The first-order valence-electron chi connectivity index (χ1n) is 2.42. The van der Waals surface area contributed by atoms with Gasteiger partial charge in [0.2, 0.25) is 0 Å². The van der Waals surface area contributed by atoms with Crippen molar-refractivity contribution in [1.29, 1.82) is 0 Å². The van der Waals surface area contributed by atoms with Crippen LogP contribution in [-0.2, 0) is 0 Å². The van der Waals surface area contributed by atoms with Gasteiger partial charge in [0.15, 0.2) is 0 Å². The van der Waals surface area contributed by atoms with Gasteiger partial charge in [0, 0.05) is 17.2 Å². The number of allylic oxidation sites excluding steroid dienone is 3. The lowest BCUT2D eigenvalue weighted by molar-refractivity contribution is 1.97. The van der Waals surface area contributed by atoms with Crippen LogP contribution in [0.5, 0.6) is 0 Å². The van der Waals surface area contributed by atoms with Crippen molar-refractivity contribution in [1.82, 2.24) is 0 Å². The lowest BCUT2D eigenvalue weighted by Crippen LogP contribution is -1.56. The van der Waals surface area contributed by atoms with Crippen molar-refractivity contribution in [2.75, 3.05) is 6.26 Å².